The lowest BCUT2D eigenvalue weighted by Gasteiger charge is -2.39. The maximum absolute atomic E-state index is 13.5. The molecular weight excluding hydrogens is 674 g/mol. The van der Waals surface area contributed by atoms with Crippen LogP contribution in [0.25, 0.3) is 16.9 Å². The van der Waals surface area contributed by atoms with Crippen LogP contribution in [0.1, 0.15) is 23.2 Å². The van der Waals surface area contributed by atoms with Crippen LogP contribution in [0.5, 0.6) is 5.75 Å². The molecule has 0 aliphatic carbocycles. The van der Waals surface area contributed by atoms with Gasteiger partial charge in [-0.3, -0.25) is 29.0 Å². The van der Waals surface area contributed by atoms with Gasteiger partial charge in [0.2, 0.25) is 5.91 Å². The fourth-order valence-corrected chi connectivity index (χ4v) is 6.56. The van der Waals surface area contributed by atoms with Crippen LogP contribution in [0, 0.1) is 5.92 Å². The number of hydrogen-bond donors (Lipinski definition) is 2. The van der Waals surface area contributed by atoms with Gasteiger partial charge in [-0.2, -0.15) is 19.0 Å². The van der Waals surface area contributed by atoms with Crippen molar-refractivity contribution in [2.45, 2.75) is 32.2 Å². The predicted molar refractivity (Wildman–Crippen MR) is 182 cm³/mol. The molecule has 2 aliphatic heterocycles. The van der Waals surface area contributed by atoms with Gasteiger partial charge in [-0.1, -0.05) is 11.6 Å². The summed E-state index contributed by atoms with van der Waals surface area (Å²) in [5.41, 5.74) is 0.878. The van der Waals surface area contributed by atoms with Crippen molar-refractivity contribution in [2.24, 2.45) is 5.92 Å². The Labute approximate surface area is 293 Å². The Morgan fingerprint density at radius 2 is 1.88 bits per heavy atom. The Morgan fingerprint density at radius 1 is 1.12 bits per heavy atom. The molecule has 17 heteroatoms. The molecule has 5 heterocycles. The molecule has 0 bridgehead atoms. The molecule has 14 nitrogen and oxygen atoms in total. The van der Waals surface area contributed by atoms with E-state index >= 15 is 0 Å². The standard InChI is InChI=1S/C33H41ClF2N10O4/c1-41(2)28(47)20-42-10-6-22(7-11-42)18-43-12-14-44(15-13-43)29(48)21-45-19-26(39-32(49)25-17-38-46-9-3-8-37-31(25)46)30(40-45)24-16-23(34)4-5-27(24)50-33(35)36/h3-5,8-9,16-17,19,22,28,33,47H,6-7,10-15,18,20-21H2,1-2H3,(H,39,49). The number of likely N-dealkylation sites (N-methyl/N-ethyl adjacent to an activating group) is 1. The van der Waals surface area contributed by atoms with Crippen molar-refractivity contribution in [3.63, 3.8) is 0 Å². The molecular formula is C33H41ClF2N10O4. The number of carbonyl (C=O) groups excluding carboxylic acids is 2. The third kappa shape index (κ3) is 8.55. The number of likely N-dealkylation sites (tertiary alicyclic amines) is 1. The summed E-state index contributed by atoms with van der Waals surface area (Å²) in [6.45, 7) is 2.92. The Kier molecular flexibility index (Phi) is 11.2. The first-order valence-corrected chi connectivity index (χ1v) is 16.9. The summed E-state index contributed by atoms with van der Waals surface area (Å²) >= 11 is 6.25. The number of rotatable bonds is 12. The fraction of sp³-hybridized carbons (Fsp3) is 0.485. The zero-order valence-electron chi connectivity index (χ0n) is 28.0. The number of benzene rings is 1. The zero-order chi connectivity index (χ0) is 35.4. The second kappa shape index (κ2) is 15.8. The minimum absolute atomic E-state index is 0.0980. The molecule has 2 N–H and O–H groups in total. The summed E-state index contributed by atoms with van der Waals surface area (Å²) in [6, 6.07) is 5.80. The molecule has 6 rings (SSSR count). The molecule has 50 heavy (non-hydrogen) atoms. The molecule has 2 saturated heterocycles. The van der Waals surface area contributed by atoms with Crippen molar-refractivity contribution >= 4 is 34.7 Å². The number of nitrogens with zero attached hydrogens (tertiary/aromatic N) is 9. The largest absolute Gasteiger partial charge is 0.434 e. The highest BCUT2D eigenvalue weighted by Crippen LogP contribution is 2.37. The number of aliphatic hydroxyl groups excluding tert-OH is 1. The predicted octanol–water partition coefficient (Wildman–Crippen LogP) is 2.84. The van der Waals surface area contributed by atoms with Crippen LogP contribution < -0.4 is 10.1 Å². The van der Waals surface area contributed by atoms with Gasteiger partial charge >= 0.3 is 6.61 Å². The molecule has 2 aliphatic rings. The van der Waals surface area contributed by atoms with E-state index in [1.807, 2.05) is 19.0 Å². The number of nitrogens with one attached hydrogen (secondary N) is 1. The average Bonchev–Trinajstić information content (AvgIpc) is 3.70. The Balaban J connectivity index is 1.12. The van der Waals surface area contributed by atoms with Crippen molar-refractivity contribution in [3.05, 3.63) is 59.6 Å². The van der Waals surface area contributed by atoms with E-state index in [-0.39, 0.29) is 45.7 Å². The third-order valence-electron chi connectivity index (χ3n) is 9.21. The summed E-state index contributed by atoms with van der Waals surface area (Å²) in [7, 11) is 3.75. The van der Waals surface area contributed by atoms with Gasteiger partial charge in [-0.05, 0) is 70.2 Å². The molecule has 2 fully saturated rings. The van der Waals surface area contributed by atoms with Crippen molar-refractivity contribution < 1.29 is 28.2 Å². The summed E-state index contributed by atoms with van der Waals surface area (Å²) in [6.07, 6.45) is 7.72. The Morgan fingerprint density at radius 3 is 2.60 bits per heavy atom. The molecule has 1 aromatic carbocycles. The van der Waals surface area contributed by atoms with Gasteiger partial charge in [-0.25, -0.2) is 9.50 Å². The minimum atomic E-state index is -3.12. The van der Waals surface area contributed by atoms with E-state index < -0.39 is 18.7 Å². The zero-order valence-corrected chi connectivity index (χ0v) is 28.7. The van der Waals surface area contributed by atoms with Gasteiger partial charge in [0.05, 0.1) is 11.9 Å². The number of β-amino-alcohol motifs (C(OH)–C–C–N with tert-alkyl or cyclic N) is 1. The molecule has 0 spiro atoms. The SMILES string of the molecule is CN(C)C(O)CN1CCC(CN2CCN(C(=O)Cn3cc(NC(=O)c4cnn5cccnc45)c(-c4cc(Cl)ccc4OC(F)F)n3)CC2)CC1. The van der Waals surface area contributed by atoms with E-state index in [9.17, 15) is 23.5 Å². The number of carbonyl (C=O) groups is 2. The van der Waals surface area contributed by atoms with E-state index in [1.165, 1.54) is 46.0 Å². The topological polar surface area (TPSA) is 137 Å². The summed E-state index contributed by atoms with van der Waals surface area (Å²) in [5.74, 6) is -0.339. The average molecular weight is 715 g/mol. The van der Waals surface area contributed by atoms with E-state index in [0.717, 1.165) is 45.6 Å². The van der Waals surface area contributed by atoms with Crippen molar-refractivity contribution in [1.82, 2.24) is 44.0 Å². The van der Waals surface area contributed by atoms with Gasteiger partial charge in [-0.15, -0.1) is 0 Å². The number of piperazine rings is 1. The first-order chi connectivity index (χ1) is 24.0. The first-order valence-electron chi connectivity index (χ1n) is 16.5. The monoisotopic (exact) mass is 714 g/mol. The summed E-state index contributed by atoms with van der Waals surface area (Å²) < 4.78 is 34.3. The van der Waals surface area contributed by atoms with Crippen LogP contribution >= 0.6 is 11.6 Å². The molecule has 1 unspecified atom stereocenters. The number of fused-ring (bicyclic) bond motifs is 1. The molecule has 1 atom stereocenters. The van der Waals surface area contributed by atoms with Gasteiger partial charge in [0.25, 0.3) is 5.91 Å². The highest BCUT2D eigenvalue weighted by atomic mass is 35.5. The quantitative estimate of drug-likeness (QED) is 0.211. The molecule has 2 amide bonds. The number of aliphatic hydroxyl groups is 1. The van der Waals surface area contributed by atoms with E-state index in [1.54, 1.807) is 17.2 Å². The molecule has 268 valence electrons. The van der Waals surface area contributed by atoms with Crippen molar-refractivity contribution in [2.75, 3.05) is 71.8 Å². The lowest BCUT2D eigenvalue weighted by atomic mass is 9.96. The number of hydrogen-bond acceptors (Lipinski definition) is 10. The number of aromatic nitrogens is 5. The summed E-state index contributed by atoms with van der Waals surface area (Å²) in [5, 5.41) is 21.9. The highest BCUT2D eigenvalue weighted by molar-refractivity contribution is 6.31. The first kappa shape index (κ1) is 35.6. The number of alkyl halides is 2. The molecule has 3 aromatic heterocycles. The van der Waals surface area contributed by atoms with Gasteiger partial charge in [0, 0.05) is 68.4 Å². The number of ether oxygens (including phenoxy) is 1. The highest BCUT2D eigenvalue weighted by Gasteiger charge is 2.28. The minimum Gasteiger partial charge on any atom is -0.434 e. The maximum Gasteiger partial charge on any atom is 0.387 e. The van der Waals surface area contributed by atoms with E-state index in [0.29, 0.717) is 31.2 Å². The Bertz CT molecular complexity index is 1790. The number of amides is 2. The van der Waals surface area contributed by atoms with Crippen LogP contribution in [-0.4, -0.2) is 140 Å². The summed E-state index contributed by atoms with van der Waals surface area (Å²) in [4.78, 5) is 39.5. The third-order valence-corrected chi connectivity index (χ3v) is 9.45. The second-order valence-corrected chi connectivity index (χ2v) is 13.3. The molecule has 0 saturated carbocycles. The van der Waals surface area contributed by atoms with E-state index in [4.69, 9.17) is 16.3 Å². The van der Waals surface area contributed by atoms with Crippen molar-refractivity contribution in [1.29, 1.82) is 0 Å². The normalized spacial score (nSPS) is 17.2. The van der Waals surface area contributed by atoms with Crippen LogP contribution in [0.3, 0.4) is 0 Å². The van der Waals surface area contributed by atoms with Crippen molar-refractivity contribution in [3.8, 4) is 17.0 Å². The lowest BCUT2D eigenvalue weighted by Crippen LogP contribution is -2.51. The maximum atomic E-state index is 13.5. The van der Waals surface area contributed by atoms with Gasteiger partial charge < -0.3 is 20.1 Å². The smallest absolute Gasteiger partial charge is 0.387 e. The number of anilines is 1. The number of halogens is 3. The van der Waals surface area contributed by atoms with Crippen LogP contribution in [0.4, 0.5) is 14.5 Å². The van der Waals surface area contributed by atoms with Crippen LogP contribution in [-0.2, 0) is 11.3 Å². The van der Waals surface area contributed by atoms with Crippen LogP contribution in [0.15, 0.2) is 49.1 Å². The van der Waals surface area contributed by atoms with Gasteiger partial charge in [0.15, 0.2) is 5.65 Å². The lowest BCUT2D eigenvalue weighted by molar-refractivity contribution is -0.133. The second-order valence-electron chi connectivity index (χ2n) is 12.9. The number of piperidine rings is 1. The van der Waals surface area contributed by atoms with Gasteiger partial charge in [0.1, 0.15) is 29.8 Å². The Hall–Kier alpha value is -4.22. The molecule has 4 aromatic rings. The van der Waals surface area contributed by atoms with E-state index in [2.05, 4.69) is 30.3 Å². The fourth-order valence-electron chi connectivity index (χ4n) is 6.39. The molecule has 0 radical (unpaired) electrons. The van der Waals surface area contributed by atoms with Crippen LogP contribution in [0.2, 0.25) is 5.02 Å².